The Morgan fingerprint density at radius 3 is 3.19 bits per heavy atom. The van der Waals surface area contributed by atoms with Crippen LogP contribution in [0.25, 0.3) is 0 Å². The fraction of sp³-hybridized carbons (Fsp3) is 0.571. The minimum atomic E-state index is -0.300. The Kier molecular flexibility index (Phi) is 4.40. The SMILES string of the molecule is CCCN1CCc2nc(NC(=O)C3=COCCO3)sc2C1. The molecule has 1 aromatic rings. The highest BCUT2D eigenvalue weighted by Crippen LogP contribution is 2.28. The zero-order chi connectivity index (χ0) is 14.7. The van der Waals surface area contributed by atoms with Gasteiger partial charge in [-0.2, -0.15) is 0 Å². The van der Waals surface area contributed by atoms with Crippen molar-refractivity contribution in [2.75, 3.05) is 31.6 Å². The van der Waals surface area contributed by atoms with Gasteiger partial charge in [0.25, 0.3) is 5.91 Å². The topological polar surface area (TPSA) is 63.7 Å². The number of nitrogens with one attached hydrogen (secondary N) is 1. The lowest BCUT2D eigenvalue weighted by Crippen LogP contribution is -2.30. The lowest BCUT2D eigenvalue weighted by Gasteiger charge is -2.24. The number of thiazole rings is 1. The van der Waals surface area contributed by atoms with E-state index in [-0.39, 0.29) is 11.7 Å². The number of nitrogens with zero attached hydrogens (tertiary/aromatic N) is 2. The first-order valence-electron chi connectivity index (χ1n) is 7.23. The molecular formula is C14H19N3O3S. The number of anilines is 1. The van der Waals surface area contributed by atoms with Crippen LogP contribution in [0.15, 0.2) is 12.0 Å². The van der Waals surface area contributed by atoms with Crippen molar-refractivity contribution in [2.45, 2.75) is 26.3 Å². The summed E-state index contributed by atoms with van der Waals surface area (Å²) in [5.74, 6) is -0.0896. The van der Waals surface area contributed by atoms with Gasteiger partial charge in [-0.25, -0.2) is 4.98 Å². The minimum absolute atomic E-state index is 0.210. The first-order chi connectivity index (χ1) is 10.3. The molecule has 7 heteroatoms. The Labute approximate surface area is 127 Å². The van der Waals surface area contributed by atoms with Crippen molar-refractivity contribution in [2.24, 2.45) is 0 Å². The van der Waals surface area contributed by atoms with Crippen LogP contribution >= 0.6 is 11.3 Å². The number of ether oxygens (including phenoxy) is 2. The molecular weight excluding hydrogens is 290 g/mol. The van der Waals surface area contributed by atoms with Crippen LogP contribution in [0.5, 0.6) is 0 Å². The summed E-state index contributed by atoms with van der Waals surface area (Å²) in [5.41, 5.74) is 1.11. The predicted molar refractivity (Wildman–Crippen MR) is 80.0 cm³/mol. The van der Waals surface area contributed by atoms with Gasteiger partial charge in [0.05, 0.1) is 5.69 Å². The van der Waals surface area contributed by atoms with Crippen molar-refractivity contribution in [1.29, 1.82) is 0 Å². The van der Waals surface area contributed by atoms with Gasteiger partial charge in [0.1, 0.15) is 19.5 Å². The maximum absolute atomic E-state index is 12.0. The number of rotatable bonds is 4. The molecule has 114 valence electrons. The van der Waals surface area contributed by atoms with Crippen LogP contribution in [0.2, 0.25) is 0 Å². The Hall–Kier alpha value is -1.60. The number of carbonyl (C=O) groups excluding carboxylic acids is 1. The van der Waals surface area contributed by atoms with Crippen LogP contribution in [0.1, 0.15) is 23.9 Å². The average molecular weight is 309 g/mol. The van der Waals surface area contributed by atoms with Crippen molar-refractivity contribution in [1.82, 2.24) is 9.88 Å². The van der Waals surface area contributed by atoms with Gasteiger partial charge < -0.3 is 9.47 Å². The molecule has 0 aromatic carbocycles. The van der Waals surface area contributed by atoms with Crippen LogP contribution in [0.4, 0.5) is 5.13 Å². The minimum Gasteiger partial charge on any atom is -0.494 e. The molecule has 0 unspecified atom stereocenters. The van der Waals surface area contributed by atoms with E-state index in [0.29, 0.717) is 18.3 Å². The van der Waals surface area contributed by atoms with E-state index in [1.54, 1.807) is 11.3 Å². The van der Waals surface area contributed by atoms with E-state index in [2.05, 4.69) is 22.1 Å². The first-order valence-corrected chi connectivity index (χ1v) is 8.04. The van der Waals surface area contributed by atoms with Gasteiger partial charge in [0, 0.05) is 24.4 Å². The molecule has 1 aromatic heterocycles. The third-order valence-corrected chi connectivity index (χ3v) is 4.44. The number of fused-ring (bicyclic) bond motifs is 1. The van der Waals surface area contributed by atoms with Crippen LogP contribution in [0, 0.1) is 0 Å². The quantitative estimate of drug-likeness (QED) is 0.918. The van der Waals surface area contributed by atoms with E-state index in [0.717, 1.165) is 38.2 Å². The smallest absolute Gasteiger partial charge is 0.295 e. The van der Waals surface area contributed by atoms with Crippen molar-refractivity contribution in [3.05, 3.63) is 22.6 Å². The van der Waals surface area contributed by atoms with Crippen molar-refractivity contribution in [3.63, 3.8) is 0 Å². The molecule has 21 heavy (non-hydrogen) atoms. The Morgan fingerprint density at radius 1 is 1.52 bits per heavy atom. The van der Waals surface area contributed by atoms with E-state index in [1.165, 1.54) is 11.1 Å². The third kappa shape index (κ3) is 3.36. The molecule has 0 saturated heterocycles. The zero-order valence-electron chi connectivity index (χ0n) is 12.1. The van der Waals surface area contributed by atoms with Crippen LogP contribution in [-0.2, 0) is 27.2 Å². The summed E-state index contributed by atoms with van der Waals surface area (Å²) in [7, 11) is 0. The van der Waals surface area contributed by atoms with Gasteiger partial charge in [-0.15, -0.1) is 11.3 Å². The number of carbonyl (C=O) groups is 1. The van der Waals surface area contributed by atoms with Crippen molar-refractivity contribution >= 4 is 22.4 Å². The number of hydrogen-bond donors (Lipinski definition) is 1. The Bertz CT molecular complexity index is 556. The second-order valence-corrected chi connectivity index (χ2v) is 6.15. The molecule has 2 aliphatic heterocycles. The second-order valence-electron chi connectivity index (χ2n) is 5.07. The van der Waals surface area contributed by atoms with E-state index >= 15 is 0 Å². The maximum Gasteiger partial charge on any atom is 0.295 e. The average Bonchev–Trinajstić information content (AvgIpc) is 2.90. The van der Waals surface area contributed by atoms with E-state index in [1.807, 2.05) is 0 Å². The summed E-state index contributed by atoms with van der Waals surface area (Å²) < 4.78 is 10.3. The molecule has 0 fully saturated rings. The molecule has 1 amide bonds. The summed E-state index contributed by atoms with van der Waals surface area (Å²) >= 11 is 1.55. The van der Waals surface area contributed by atoms with Gasteiger partial charge in [-0.1, -0.05) is 6.92 Å². The molecule has 0 bridgehead atoms. The van der Waals surface area contributed by atoms with E-state index in [9.17, 15) is 4.79 Å². The predicted octanol–water partition coefficient (Wildman–Crippen LogP) is 1.74. The van der Waals surface area contributed by atoms with Crippen LogP contribution in [0.3, 0.4) is 0 Å². The number of hydrogen-bond acceptors (Lipinski definition) is 6. The number of amides is 1. The van der Waals surface area contributed by atoms with Gasteiger partial charge in [-0.05, 0) is 13.0 Å². The standard InChI is InChI=1S/C14H19N3O3S/c1-2-4-17-5-3-10-12(8-17)21-14(15-10)16-13(18)11-9-19-6-7-20-11/h9H,2-8H2,1H3,(H,15,16,18). The normalized spacial score (nSPS) is 18.2. The fourth-order valence-corrected chi connectivity index (χ4v) is 3.50. The molecule has 0 spiro atoms. The summed E-state index contributed by atoms with van der Waals surface area (Å²) in [6.45, 7) is 6.15. The third-order valence-electron chi connectivity index (χ3n) is 3.44. The molecule has 0 saturated carbocycles. The molecule has 3 heterocycles. The lowest BCUT2D eigenvalue weighted by atomic mass is 10.2. The lowest BCUT2D eigenvalue weighted by molar-refractivity contribution is -0.117. The molecule has 0 radical (unpaired) electrons. The van der Waals surface area contributed by atoms with E-state index < -0.39 is 0 Å². The van der Waals surface area contributed by atoms with Gasteiger partial charge in [0.2, 0.25) is 5.76 Å². The molecule has 6 nitrogen and oxygen atoms in total. The van der Waals surface area contributed by atoms with Crippen LogP contribution < -0.4 is 5.32 Å². The van der Waals surface area contributed by atoms with Crippen LogP contribution in [-0.4, -0.2) is 42.1 Å². The summed E-state index contributed by atoms with van der Waals surface area (Å²) in [6.07, 6.45) is 3.46. The van der Waals surface area contributed by atoms with Crippen molar-refractivity contribution in [3.8, 4) is 0 Å². The van der Waals surface area contributed by atoms with Crippen molar-refractivity contribution < 1.29 is 14.3 Å². The van der Waals surface area contributed by atoms with Gasteiger partial charge in [-0.3, -0.25) is 15.0 Å². The summed E-state index contributed by atoms with van der Waals surface area (Å²) in [5, 5.41) is 3.43. The summed E-state index contributed by atoms with van der Waals surface area (Å²) in [4.78, 5) is 20.2. The number of aromatic nitrogens is 1. The highest BCUT2D eigenvalue weighted by atomic mass is 32.1. The van der Waals surface area contributed by atoms with Gasteiger partial charge >= 0.3 is 0 Å². The Morgan fingerprint density at radius 2 is 2.43 bits per heavy atom. The highest BCUT2D eigenvalue weighted by molar-refractivity contribution is 7.15. The largest absolute Gasteiger partial charge is 0.494 e. The highest BCUT2D eigenvalue weighted by Gasteiger charge is 2.22. The molecule has 0 aliphatic carbocycles. The summed E-state index contributed by atoms with van der Waals surface area (Å²) in [6, 6.07) is 0. The van der Waals surface area contributed by atoms with Gasteiger partial charge in [0.15, 0.2) is 5.13 Å². The molecule has 0 atom stereocenters. The fourth-order valence-electron chi connectivity index (χ4n) is 2.46. The first kappa shape index (κ1) is 14.3. The Balaban J connectivity index is 1.65. The zero-order valence-corrected chi connectivity index (χ0v) is 12.9. The second kappa shape index (κ2) is 6.44. The van der Waals surface area contributed by atoms with E-state index in [4.69, 9.17) is 9.47 Å². The molecule has 1 N–H and O–H groups in total. The molecule has 2 aliphatic rings. The molecule has 3 rings (SSSR count). The monoisotopic (exact) mass is 309 g/mol. The maximum atomic E-state index is 12.0.